The molecule has 0 heterocycles. The summed E-state index contributed by atoms with van der Waals surface area (Å²) < 4.78 is 26.9. The third-order valence-corrected chi connectivity index (χ3v) is 5.55. The largest absolute Gasteiger partial charge is 0.240 e. The standard InChI is InChI=1S/C15H24ClNO2S2/c1-20-13-5-3-2-4-12-17-21(18,19)15-8-6-14(7-9-15)10-11-16/h6-9,17H,2-5,10-13H2,1H3. The molecule has 0 aliphatic heterocycles. The van der Waals surface area contributed by atoms with E-state index in [0.717, 1.165) is 31.2 Å². The van der Waals surface area contributed by atoms with Crippen LogP contribution >= 0.6 is 23.4 Å². The Hall–Kier alpha value is -0.230. The summed E-state index contributed by atoms with van der Waals surface area (Å²) in [5.41, 5.74) is 1.05. The molecule has 6 heteroatoms. The lowest BCUT2D eigenvalue weighted by Crippen LogP contribution is -2.24. The molecule has 3 nitrogen and oxygen atoms in total. The number of halogens is 1. The zero-order valence-electron chi connectivity index (χ0n) is 12.5. The number of unbranched alkanes of at least 4 members (excludes halogenated alkanes) is 3. The van der Waals surface area contributed by atoms with Crippen LogP contribution in [0.25, 0.3) is 0 Å². The molecular formula is C15H24ClNO2S2. The summed E-state index contributed by atoms with van der Waals surface area (Å²) in [6.45, 7) is 0.505. The molecule has 0 aliphatic carbocycles. The fourth-order valence-corrected chi connectivity index (χ4v) is 3.74. The van der Waals surface area contributed by atoms with Crippen molar-refractivity contribution in [1.29, 1.82) is 0 Å². The van der Waals surface area contributed by atoms with E-state index in [9.17, 15) is 8.42 Å². The predicted octanol–water partition coefficient (Wildman–Crippen LogP) is 3.67. The van der Waals surface area contributed by atoms with Crippen molar-refractivity contribution in [2.24, 2.45) is 0 Å². The van der Waals surface area contributed by atoms with Crippen LogP contribution in [0.4, 0.5) is 0 Å². The minimum absolute atomic E-state index is 0.322. The normalized spacial score (nSPS) is 11.7. The Morgan fingerprint density at radius 3 is 2.38 bits per heavy atom. The van der Waals surface area contributed by atoms with Crippen molar-refractivity contribution >= 4 is 33.4 Å². The predicted molar refractivity (Wildman–Crippen MR) is 92.9 cm³/mol. The van der Waals surface area contributed by atoms with Gasteiger partial charge in [0.15, 0.2) is 0 Å². The maximum absolute atomic E-state index is 12.1. The van der Waals surface area contributed by atoms with Gasteiger partial charge in [-0.2, -0.15) is 11.8 Å². The van der Waals surface area contributed by atoms with E-state index in [2.05, 4.69) is 11.0 Å². The number of nitrogens with one attached hydrogen (secondary N) is 1. The van der Waals surface area contributed by atoms with Gasteiger partial charge in [0, 0.05) is 12.4 Å². The molecule has 0 saturated heterocycles. The van der Waals surface area contributed by atoms with Crippen LogP contribution in [0.15, 0.2) is 29.2 Å². The van der Waals surface area contributed by atoms with E-state index in [1.807, 2.05) is 23.9 Å². The highest BCUT2D eigenvalue weighted by molar-refractivity contribution is 7.98. The summed E-state index contributed by atoms with van der Waals surface area (Å²) in [5.74, 6) is 1.72. The van der Waals surface area contributed by atoms with E-state index < -0.39 is 10.0 Å². The zero-order chi connectivity index (χ0) is 15.6. The molecule has 1 aromatic carbocycles. The minimum atomic E-state index is -3.38. The van der Waals surface area contributed by atoms with E-state index in [1.54, 1.807) is 12.1 Å². The smallest absolute Gasteiger partial charge is 0.211 e. The van der Waals surface area contributed by atoms with Crippen LogP contribution in [-0.2, 0) is 16.4 Å². The number of benzene rings is 1. The first-order valence-corrected chi connectivity index (χ1v) is 10.6. The highest BCUT2D eigenvalue weighted by Crippen LogP contribution is 2.12. The molecule has 21 heavy (non-hydrogen) atoms. The van der Waals surface area contributed by atoms with E-state index in [4.69, 9.17) is 11.6 Å². The maximum Gasteiger partial charge on any atom is 0.240 e. The summed E-state index contributed by atoms with van der Waals surface area (Å²) in [6, 6.07) is 6.92. The van der Waals surface area contributed by atoms with Crippen molar-refractivity contribution in [1.82, 2.24) is 4.72 Å². The topological polar surface area (TPSA) is 46.2 Å². The number of thioether (sulfide) groups is 1. The Bertz CT molecular complexity index is 489. The molecule has 1 aromatic rings. The first kappa shape index (κ1) is 18.8. The fourth-order valence-electron chi connectivity index (χ4n) is 1.96. The number of aryl methyl sites for hydroxylation is 1. The number of hydrogen-bond acceptors (Lipinski definition) is 3. The second-order valence-corrected chi connectivity index (χ2v) is 8.02. The quantitative estimate of drug-likeness (QED) is 0.489. The van der Waals surface area contributed by atoms with Gasteiger partial charge in [-0.05, 0) is 49.0 Å². The van der Waals surface area contributed by atoms with Gasteiger partial charge < -0.3 is 0 Å². The Balaban J connectivity index is 2.35. The van der Waals surface area contributed by atoms with Crippen molar-refractivity contribution in [2.45, 2.75) is 37.0 Å². The molecule has 0 amide bonds. The number of hydrogen-bond donors (Lipinski definition) is 1. The van der Waals surface area contributed by atoms with Crippen molar-refractivity contribution in [3.63, 3.8) is 0 Å². The van der Waals surface area contributed by atoms with Gasteiger partial charge in [-0.3, -0.25) is 0 Å². The van der Waals surface area contributed by atoms with Gasteiger partial charge in [0.25, 0.3) is 0 Å². The zero-order valence-corrected chi connectivity index (χ0v) is 14.9. The van der Waals surface area contributed by atoms with Gasteiger partial charge >= 0.3 is 0 Å². The number of sulfonamides is 1. The molecule has 1 N–H and O–H groups in total. The second kappa shape index (κ2) is 10.5. The van der Waals surface area contributed by atoms with E-state index in [-0.39, 0.29) is 0 Å². The van der Waals surface area contributed by atoms with Gasteiger partial charge in [-0.25, -0.2) is 13.1 Å². The van der Waals surface area contributed by atoms with Gasteiger partial charge in [0.2, 0.25) is 10.0 Å². The molecule has 0 radical (unpaired) electrons. The molecule has 0 unspecified atom stereocenters. The van der Waals surface area contributed by atoms with Crippen molar-refractivity contribution < 1.29 is 8.42 Å². The van der Waals surface area contributed by atoms with Gasteiger partial charge in [0.1, 0.15) is 0 Å². The van der Waals surface area contributed by atoms with Gasteiger partial charge in [-0.15, -0.1) is 11.6 Å². The lowest BCUT2D eigenvalue weighted by molar-refractivity contribution is 0.574. The van der Waals surface area contributed by atoms with Gasteiger partial charge in [-0.1, -0.05) is 25.0 Å². The van der Waals surface area contributed by atoms with Crippen LogP contribution in [0.2, 0.25) is 0 Å². The molecule has 0 spiro atoms. The highest BCUT2D eigenvalue weighted by Gasteiger charge is 2.12. The Labute approximate surface area is 137 Å². The molecule has 0 aliphatic rings. The first-order chi connectivity index (χ1) is 10.1. The summed E-state index contributed by atoms with van der Waals surface area (Å²) in [4.78, 5) is 0.322. The molecule has 1 rings (SSSR count). The Kier molecular flexibility index (Phi) is 9.40. The lowest BCUT2D eigenvalue weighted by Gasteiger charge is -2.07. The van der Waals surface area contributed by atoms with Crippen LogP contribution in [0, 0.1) is 0 Å². The summed E-state index contributed by atoms with van der Waals surface area (Å²) in [6.07, 6.45) is 7.18. The molecule has 0 atom stereocenters. The maximum atomic E-state index is 12.1. The fraction of sp³-hybridized carbons (Fsp3) is 0.600. The van der Waals surface area contributed by atoms with E-state index >= 15 is 0 Å². The van der Waals surface area contributed by atoms with Crippen LogP contribution in [-0.4, -0.2) is 32.9 Å². The summed E-state index contributed by atoms with van der Waals surface area (Å²) in [7, 11) is -3.38. The van der Waals surface area contributed by atoms with Crippen molar-refractivity contribution in [3.8, 4) is 0 Å². The second-order valence-electron chi connectivity index (χ2n) is 4.89. The molecule has 0 bridgehead atoms. The Morgan fingerprint density at radius 1 is 1.10 bits per heavy atom. The molecule has 120 valence electrons. The van der Waals surface area contributed by atoms with Crippen molar-refractivity contribution in [3.05, 3.63) is 29.8 Å². The summed E-state index contributed by atoms with van der Waals surface area (Å²) in [5, 5.41) is 0. The molecule has 0 fully saturated rings. The average Bonchev–Trinajstić information content (AvgIpc) is 2.47. The minimum Gasteiger partial charge on any atom is -0.211 e. The first-order valence-electron chi connectivity index (χ1n) is 7.23. The molecular weight excluding hydrogens is 326 g/mol. The number of rotatable bonds is 11. The average molecular weight is 350 g/mol. The van der Waals surface area contributed by atoms with Crippen LogP contribution in [0.3, 0.4) is 0 Å². The number of alkyl halides is 1. The lowest BCUT2D eigenvalue weighted by atomic mass is 10.2. The van der Waals surface area contributed by atoms with Crippen molar-refractivity contribution in [2.75, 3.05) is 24.4 Å². The third kappa shape index (κ3) is 7.54. The summed E-state index contributed by atoms with van der Waals surface area (Å²) >= 11 is 7.52. The molecule has 0 aromatic heterocycles. The van der Waals surface area contributed by atoms with Crippen LogP contribution < -0.4 is 4.72 Å². The Morgan fingerprint density at radius 2 is 1.76 bits per heavy atom. The van der Waals surface area contributed by atoms with E-state index in [0.29, 0.717) is 17.3 Å². The molecule has 0 saturated carbocycles. The SMILES string of the molecule is CSCCCCCCNS(=O)(=O)c1ccc(CCCl)cc1. The highest BCUT2D eigenvalue weighted by atomic mass is 35.5. The van der Waals surface area contributed by atoms with E-state index in [1.165, 1.54) is 12.2 Å². The third-order valence-electron chi connectivity index (χ3n) is 3.18. The van der Waals surface area contributed by atoms with Gasteiger partial charge in [0.05, 0.1) is 4.90 Å². The monoisotopic (exact) mass is 349 g/mol. The van der Waals surface area contributed by atoms with Crippen LogP contribution in [0.5, 0.6) is 0 Å². The van der Waals surface area contributed by atoms with Crippen LogP contribution in [0.1, 0.15) is 31.2 Å².